The number of carbonyl (C=O) groups excluding carboxylic acids is 1. The van der Waals surface area contributed by atoms with Crippen LogP contribution in [0, 0.1) is 6.92 Å². The minimum absolute atomic E-state index is 0.104. The number of aryl methyl sites for hydroxylation is 2. The third-order valence-corrected chi connectivity index (χ3v) is 5.69. The minimum Gasteiger partial charge on any atom is -0.294 e. The number of ketones is 1. The molecule has 130 valence electrons. The van der Waals surface area contributed by atoms with E-state index in [1.54, 1.807) is 6.92 Å². The number of hydrogen-bond acceptors (Lipinski definition) is 3. The molecule has 0 spiro atoms. The zero-order chi connectivity index (χ0) is 17.4. The van der Waals surface area contributed by atoms with E-state index < -0.39 is 0 Å². The van der Waals surface area contributed by atoms with E-state index in [-0.39, 0.29) is 5.78 Å². The molecule has 0 saturated heterocycles. The van der Waals surface area contributed by atoms with Crippen LogP contribution in [0.5, 0.6) is 0 Å². The first-order valence-corrected chi connectivity index (χ1v) is 10.0. The minimum atomic E-state index is 0.104. The lowest BCUT2D eigenvalue weighted by Gasteiger charge is -2.03. The van der Waals surface area contributed by atoms with Gasteiger partial charge >= 0.3 is 0 Å². The van der Waals surface area contributed by atoms with E-state index >= 15 is 0 Å². The van der Waals surface area contributed by atoms with E-state index in [0.29, 0.717) is 0 Å². The van der Waals surface area contributed by atoms with Gasteiger partial charge in [-0.05, 0) is 25.3 Å². The summed E-state index contributed by atoms with van der Waals surface area (Å²) in [6, 6.07) is 8.69. The van der Waals surface area contributed by atoms with E-state index in [4.69, 9.17) is 0 Å². The maximum Gasteiger partial charge on any atom is 0.171 e. The second kappa shape index (κ2) is 9.73. The van der Waals surface area contributed by atoms with Gasteiger partial charge in [0.2, 0.25) is 0 Å². The number of rotatable bonds is 10. The van der Waals surface area contributed by atoms with E-state index in [0.717, 1.165) is 27.6 Å². The van der Waals surface area contributed by atoms with Crippen LogP contribution in [-0.4, -0.2) is 10.8 Å². The highest BCUT2D eigenvalue weighted by atomic mass is 32.1. The summed E-state index contributed by atoms with van der Waals surface area (Å²) in [7, 11) is 0. The van der Waals surface area contributed by atoms with Crippen molar-refractivity contribution in [3.63, 3.8) is 0 Å². The van der Waals surface area contributed by atoms with Crippen LogP contribution >= 0.6 is 11.3 Å². The molecule has 0 N–H and O–H groups in total. The van der Waals surface area contributed by atoms with Gasteiger partial charge in [-0.2, -0.15) is 0 Å². The predicted octanol–water partition coefficient (Wildman–Crippen LogP) is 6.61. The quantitative estimate of drug-likeness (QED) is 0.358. The third-order valence-electron chi connectivity index (χ3n) is 4.39. The molecule has 2 aromatic rings. The normalized spacial score (nSPS) is 11.0. The lowest BCUT2D eigenvalue weighted by Crippen LogP contribution is -1.89. The van der Waals surface area contributed by atoms with Gasteiger partial charge in [0.1, 0.15) is 5.01 Å². The fourth-order valence-electron chi connectivity index (χ4n) is 2.95. The number of carbonyl (C=O) groups is 1. The number of nitrogens with zero attached hydrogens (tertiary/aromatic N) is 1. The fourth-order valence-corrected chi connectivity index (χ4v) is 3.91. The van der Waals surface area contributed by atoms with Crippen molar-refractivity contribution in [3.05, 3.63) is 40.4 Å². The van der Waals surface area contributed by atoms with Gasteiger partial charge in [-0.3, -0.25) is 4.79 Å². The Morgan fingerprint density at radius 1 is 1.00 bits per heavy atom. The molecule has 0 saturated carbocycles. The molecule has 0 atom stereocenters. The summed E-state index contributed by atoms with van der Waals surface area (Å²) in [5.74, 6) is 0.104. The molecule has 0 amide bonds. The zero-order valence-electron chi connectivity index (χ0n) is 15.2. The lowest BCUT2D eigenvalue weighted by atomic mass is 10.0. The fraction of sp³-hybridized carbons (Fsp3) is 0.524. The summed E-state index contributed by atoms with van der Waals surface area (Å²) < 4.78 is 0. The first kappa shape index (κ1) is 18.9. The van der Waals surface area contributed by atoms with Crippen molar-refractivity contribution < 1.29 is 4.79 Å². The van der Waals surface area contributed by atoms with Gasteiger partial charge in [-0.1, -0.05) is 69.7 Å². The van der Waals surface area contributed by atoms with Crippen LogP contribution in [0.3, 0.4) is 0 Å². The molecule has 0 radical (unpaired) electrons. The molecule has 1 aromatic heterocycles. The average Bonchev–Trinajstić information content (AvgIpc) is 2.97. The molecule has 1 aromatic carbocycles. The van der Waals surface area contributed by atoms with Crippen LogP contribution in [0.2, 0.25) is 0 Å². The summed E-state index contributed by atoms with van der Waals surface area (Å²) in [6.45, 7) is 5.78. The van der Waals surface area contributed by atoms with Crippen molar-refractivity contribution >= 4 is 17.1 Å². The summed E-state index contributed by atoms with van der Waals surface area (Å²) in [6.07, 6.45) is 10.6. The number of benzene rings is 1. The Bertz CT molecular complexity index is 642. The second-order valence-corrected chi connectivity index (χ2v) is 7.56. The van der Waals surface area contributed by atoms with E-state index in [1.807, 2.05) is 6.92 Å². The van der Waals surface area contributed by atoms with Crippen molar-refractivity contribution in [2.75, 3.05) is 0 Å². The monoisotopic (exact) mass is 343 g/mol. The van der Waals surface area contributed by atoms with Crippen LogP contribution < -0.4 is 0 Å². The molecule has 0 bridgehead atoms. The molecule has 2 rings (SSSR count). The molecule has 0 aliphatic heterocycles. The molecular weight excluding hydrogens is 314 g/mol. The zero-order valence-corrected chi connectivity index (χ0v) is 16.0. The lowest BCUT2D eigenvalue weighted by molar-refractivity contribution is 0.102. The SMILES string of the molecule is CCCCCCCCCc1ccc(-c2nc(C)c(C(C)=O)s2)cc1. The molecule has 2 nitrogen and oxygen atoms in total. The number of hydrogen-bond donors (Lipinski definition) is 0. The Morgan fingerprint density at radius 2 is 1.62 bits per heavy atom. The highest BCUT2D eigenvalue weighted by Crippen LogP contribution is 2.28. The van der Waals surface area contributed by atoms with Gasteiger partial charge in [-0.25, -0.2) is 4.98 Å². The van der Waals surface area contributed by atoms with Crippen molar-refractivity contribution in [1.29, 1.82) is 0 Å². The third kappa shape index (κ3) is 5.55. The molecule has 0 aliphatic rings. The van der Waals surface area contributed by atoms with Gasteiger partial charge in [0.05, 0.1) is 10.6 Å². The van der Waals surface area contributed by atoms with E-state index in [2.05, 4.69) is 36.2 Å². The van der Waals surface area contributed by atoms with E-state index in [9.17, 15) is 4.79 Å². The number of thiazole rings is 1. The van der Waals surface area contributed by atoms with Crippen LogP contribution in [0.15, 0.2) is 24.3 Å². The second-order valence-electron chi connectivity index (χ2n) is 6.56. The predicted molar refractivity (Wildman–Crippen MR) is 104 cm³/mol. The average molecular weight is 344 g/mol. The first-order chi connectivity index (χ1) is 11.6. The molecule has 0 unspecified atom stereocenters. The number of aromatic nitrogens is 1. The summed E-state index contributed by atoms with van der Waals surface area (Å²) >= 11 is 1.50. The maximum absolute atomic E-state index is 11.6. The van der Waals surface area contributed by atoms with Crippen molar-refractivity contribution in [1.82, 2.24) is 4.98 Å². The Balaban J connectivity index is 1.82. The van der Waals surface area contributed by atoms with Gasteiger partial charge in [0.25, 0.3) is 0 Å². The Morgan fingerprint density at radius 3 is 2.21 bits per heavy atom. The van der Waals surface area contributed by atoms with Crippen molar-refractivity contribution in [3.8, 4) is 10.6 Å². The number of Topliss-reactive ketones (excluding diaryl/α,β-unsaturated/α-hetero) is 1. The number of unbranched alkanes of at least 4 members (excludes halogenated alkanes) is 6. The molecule has 1 heterocycles. The van der Waals surface area contributed by atoms with Crippen LogP contribution in [0.4, 0.5) is 0 Å². The summed E-state index contributed by atoms with van der Waals surface area (Å²) in [4.78, 5) is 16.9. The molecule has 0 aliphatic carbocycles. The van der Waals surface area contributed by atoms with Gasteiger partial charge < -0.3 is 0 Å². The highest BCUT2D eigenvalue weighted by Gasteiger charge is 2.12. The maximum atomic E-state index is 11.6. The van der Waals surface area contributed by atoms with Gasteiger partial charge in [0, 0.05) is 12.5 Å². The standard InChI is InChI=1S/C21H29NOS/c1-4-5-6-7-8-9-10-11-18-12-14-19(15-13-18)21-22-16(2)20(24-21)17(3)23/h12-15H,4-11H2,1-3H3. The smallest absolute Gasteiger partial charge is 0.171 e. The van der Waals surface area contributed by atoms with Crippen molar-refractivity contribution in [2.45, 2.75) is 72.1 Å². The largest absolute Gasteiger partial charge is 0.294 e. The Labute approximate surface area is 150 Å². The molecule has 24 heavy (non-hydrogen) atoms. The van der Waals surface area contributed by atoms with Crippen LogP contribution in [0.1, 0.15) is 79.7 Å². The van der Waals surface area contributed by atoms with E-state index in [1.165, 1.54) is 61.8 Å². The van der Waals surface area contributed by atoms with Crippen LogP contribution in [0.25, 0.3) is 10.6 Å². The Hall–Kier alpha value is -1.48. The van der Waals surface area contributed by atoms with Gasteiger partial charge in [-0.15, -0.1) is 11.3 Å². The molecule has 0 fully saturated rings. The summed E-state index contributed by atoms with van der Waals surface area (Å²) in [5.41, 5.74) is 3.35. The first-order valence-electron chi connectivity index (χ1n) is 9.19. The molecule has 3 heteroatoms. The summed E-state index contributed by atoms with van der Waals surface area (Å²) in [5, 5.41) is 0.945. The van der Waals surface area contributed by atoms with Gasteiger partial charge in [0.15, 0.2) is 5.78 Å². The molecular formula is C21H29NOS. The topological polar surface area (TPSA) is 30.0 Å². The van der Waals surface area contributed by atoms with Crippen molar-refractivity contribution in [2.24, 2.45) is 0 Å². The Kier molecular flexibility index (Phi) is 7.64. The van der Waals surface area contributed by atoms with Crippen LogP contribution in [-0.2, 0) is 6.42 Å². The highest BCUT2D eigenvalue weighted by molar-refractivity contribution is 7.17.